The summed E-state index contributed by atoms with van der Waals surface area (Å²) in [5.74, 6) is -1.20. The second kappa shape index (κ2) is 6.40. The van der Waals surface area contributed by atoms with E-state index in [0.717, 1.165) is 0 Å². The fourth-order valence-corrected chi connectivity index (χ4v) is 1.16. The van der Waals surface area contributed by atoms with Gasteiger partial charge < -0.3 is 16.2 Å². The van der Waals surface area contributed by atoms with E-state index in [4.69, 9.17) is 10.8 Å². The Bertz CT molecular complexity index is 229. The molecule has 0 aromatic rings. The summed E-state index contributed by atoms with van der Waals surface area (Å²) in [6.07, 6.45) is 0.914. The molecule has 15 heavy (non-hydrogen) atoms. The van der Waals surface area contributed by atoms with Gasteiger partial charge in [-0.05, 0) is 18.8 Å². The van der Waals surface area contributed by atoms with Gasteiger partial charge in [0.1, 0.15) is 6.04 Å². The van der Waals surface area contributed by atoms with Crippen LogP contribution in [-0.2, 0) is 9.59 Å². The van der Waals surface area contributed by atoms with Gasteiger partial charge in [0.2, 0.25) is 5.91 Å². The molecule has 1 amide bonds. The molecule has 0 aliphatic carbocycles. The smallest absolute Gasteiger partial charge is 0.326 e. The quantitative estimate of drug-likeness (QED) is 0.597. The summed E-state index contributed by atoms with van der Waals surface area (Å²) in [7, 11) is 0. The molecule has 0 saturated heterocycles. The molecule has 0 heterocycles. The van der Waals surface area contributed by atoms with Crippen molar-refractivity contribution < 1.29 is 14.7 Å². The highest BCUT2D eigenvalue weighted by molar-refractivity contribution is 5.86. The number of rotatable bonds is 6. The van der Waals surface area contributed by atoms with Crippen LogP contribution >= 0.6 is 0 Å². The number of carbonyl (C=O) groups excluding carboxylic acids is 1. The van der Waals surface area contributed by atoms with E-state index in [1.54, 1.807) is 6.92 Å². The lowest BCUT2D eigenvalue weighted by molar-refractivity contribution is -0.142. The van der Waals surface area contributed by atoms with Gasteiger partial charge in [-0.2, -0.15) is 0 Å². The number of amides is 1. The molecular weight excluding hydrogens is 196 g/mol. The molecule has 88 valence electrons. The maximum Gasteiger partial charge on any atom is 0.326 e. The number of aliphatic carboxylic acids is 1. The summed E-state index contributed by atoms with van der Waals surface area (Å²) in [5.41, 5.74) is 5.49. The third-order valence-corrected chi connectivity index (χ3v) is 2.10. The molecule has 0 aromatic carbocycles. The number of hydrogen-bond donors (Lipinski definition) is 3. The van der Waals surface area contributed by atoms with Gasteiger partial charge in [-0.25, -0.2) is 4.79 Å². The number of carboxylic acid groups (broad SMARTS) is 1. The third kappa shape index (κ3) is 5.37. The number of nitrogens with one attached hydrogen (secondary N) is 1. The monoisotopic (exact) mass is 216 g/mol. The van der Waals surface area contributed by atoms with E-state index in [-0.39, 0.29) is 5.92 Å². The van der Waals surface area contributed by atoms with Crippen molar-refractivity contribution in [2.45, 2.75) is 45.7 Å². The molecule has 2 unspecified atom stereocenters. The molecule has 5 heteroatoms. The first kappa shape index (κ1) is 13.9. The van der Waals surface area contributed by atoms with Gasteiger partial charge in [0.25, 0.3) is 0 Å². The van der Waals surface area contributed by atoms with Gasteiger partial charge in [-0.15, -0.1) is 0 Å². The van der Waals surface area contributed by atoms with Crippen LogP contribution in [0.15, 0.2) is 0 Å². The first-order chi connectivity index (χ1) is 6.88. The molecule has 0 aromatic heterocycles. The Kier molecular flexibility index (Phi) is 5.93. The lowest BCUT2D eigenvalue weighted by Crippen LogP contribution is -2.48. The summed E-state index contributed by atoms with van der Waals surface area (Å²) in [6.45, 7) is 5.59. The first-order valence-electron chi connectivity index (χ1n) is 5.17. The van der Waals surface area contributed by atoms with Gasteiger partial charge in [0, 0.05) is 0 Å². The molecule has 0 rings (SSSR count). The average molecular weight is 216 g/mol. The second-order valence-corrected chi connectivity index (χ2v) is 4.04. The van der Waals surface area contributed by atoms with Crippen LogP contribution in [0.2, 0.25) is 0 Å². The van der Waals surface area contributed by atoms with Crippen molar-refractivity contribution in [1.82, 2.24) is 5.32 Å². The van der Waals surface area contributed by atoms with E-state index in [2.05, 4.69) is 5.32 Å². The number of carboxylic acids is 1. The zero-order valence-corrected chi connectivity index (χ0v) is 9.49. The van der Waals surface area contributed by atoms with E-state index >= 15 is 0 Å². The highest BCUT2D eigenvalue weighted by Gasteiger charge is 2.23. The highest BCUT2D eigenvalue weighted by Crippen LogP contribution is 2.05. The van der Waals surface area contributed by atoms with E-state index in [1.165, 1.54) is 0 Å². The predicted octanol–water partition coefficient (Wildman–Crippen LogP) is 0.339. The molecule has 0 bridgehead atoms. The van der Waals surface area contributed by atoms with Crippen molar-refractivity contribution in [2.75, 3.05) is 0 Å². The maximum absolute atomic E-state index is 11.4. The zero-order chi connectivity index (χ0) is 12.0. The maximum atomic E-state index is 11.4. The van der Waals surface area contributed by atoms with E-state index < -0.39 is 24.0 Å². The Balaban J connectivity index is 4.29. The van der Waals surface area contributed by atoms with Gasteiger partial charge >= 0.3 is 5.97 Å². The van der Waals surface area contributed by atoms with Crippen LogP contribution in [0.5, 0.6) is 0 Å². The van der Waals surface area contributed by atoms with Gasteiger partial charge in [-0.3, -0.25) is 4.79 Å². The molecule has 0 spiro atoms. The number of hydrogen-bond acceptors (Lipinski definition) is 3. The van der Waals surface area contributed by atoms with Crippen LogP contribution in [0, 0.1) is 5.92 Å². The van der Waals surface area contributed by atoms with Crippen molar-refractivity contribution in [3.63, 3.8) is 0 Å². The minimum atomic E-state index is -1.01. The highest BCUT2D eigenvalue weighted by atomic mass is 16.4. The van der Waals surface area contributed by atoms with E-state index in [0.29, 0.717) is 12.8 Å². The van der Waals surface area contributed by atoms with Crippen molar-refractivity contribution in [1.29, 1.82) is 0 Å². The largest absolute Gasteiger partial charge is 0.480 e. The topological polar surface area (TPSA) is 92.4 Å². The molecule has 0 aliphatic rings. The lowest BCUT2D eigenvalue weighted by atomic mass is 10.0. The summed E-state index contributed by atoms with van der Waals surface area (Å²) in [4.78, 5) is 22.2. The molecule has 0 fully saturated rings. The fourth-order valence-electron chi connectivity index (χ4n) is 1.16. The first-order valence-corrected chi connectivity index (χ1v) is 5.17. The Morgan fingerprint density at radius 2 is 1.93 bits per heavy atom. The molecular formula is C10H20N2O3. The van der Waals surface area contributed by atoms with Crippen LogP contribution in [-0.4, -0.2) is 29.1 Å². The molecule has 0 saturated carbocycles. The van der Waals surface area contributed by atoms with Crippen LogP contribution in [0.4, 0.5) is 0 Å². The van der Waals surface area contributed by atoms with E-state index in [1.807, 2.05) is 13.8 Å². The van der Waals surface area contributed by atoms with Crippen molar-refractivity contribution in [2.24, 2.45) is 11.7 Å². The minimum Gasteiger partial charge on any atom is -0.480 e. The summed E-state index contributed by atoms with van der Waals surface area (Å²) >= 11 is 0. The summed E-state index contributed by atoms with van der Waals surface area (Å²) in [6, 6.07) is -1.46. The number of nitrogens with two attached hydrogens (primary N) is 1. The van der Waals surface area contributed by atoms with Crippen LogP contribution < -0.4 is 11.1 Å². The van der Waals surface area contributed by atoms with Gasteiger partial charge in [0.05, 0.1) is 6.04 Å². The summed E-state index contributed by atoms with van der Waals surface area (Å²) in [5, 5.41) is 11.3. The van der Waals surface area contributed by atoms with E-state index in [9.17, 15) is 9.59 Å². The average Bonchev–Trinajstić information content (AvgIpc) is 2.14. The molecule has 0 radical (unpaired) electrons. The zero-order valence-electron chi connectivity index (χ0n) is 9.49. The Labute approximate surface area is 90.0 Å². The molecule has 5 nitrogen and oxygen atoms in total. The fraction of sp³-hybridized carbons (Fsp3) is 0.800. The SMILES string of the molecule is CCC(N)C(=O)NC(CC(C)C)C(=O)O. The van der Waals surface area contributed by atoms with Crippen molar-refractivity contribution in [3.8, 4) is 0 Å². The standard InChI is InChI=1S/C10H20N2O3/c1-4-7(11)9(13)12-8(10(14)15)5-6(2)3/h6-8H,4-5,11H2,1-3H3,(H,12,13)(H,14,15). The van der Waals surface area contributed by atoms with Crippen LogP contribution in [0.3, 0.4) is 0 Å². The Morgan fingerprint density at radius 1 is 1.40 bits per heavy atom. The normalized spacial score (nSPS) is 14.7. The Hall–Kier alpha value is -1.10. The summed E-state index contributed by atoms with van der Waals surface area (Å²) < 4.78 is 0. The van der Waals surface area contributed by atoms with Crippen molar-refractivity contribution >= 4 is 11.9 Å². The minimum absolute atomic E-state index is 0.212. The third-order valence-electron chi connectivity index (χ3n) is 2.10. The van der Waals surface area contributed by atoms with Crippen LogP contribution in [0.1, 0.15) is 33.6 Å². The second-order valence-electron chi connectivity index (χ2n) is 4.04. The molecule has 2 atom stereocenters. The van der Waals surface area contributed by atoms with Gasteiger partial charge in [-0.1, -0.05) is 20.8 Å². The van der Waals surface area contributed by atoms with Gasteiger partial charge in [0.15, 0.2) is 0 Å². The predicted molar refractivity (Wildman–Crippen MR) is 57.3 cm³/mol. The number of carbonyl (C=O) groups is 2. The van der Waals surface area contributed by atoms with Crippen LogP contribution in [0.25, 0.3) is 0 Å². The lowest BCUT2D eigenvalue weighted by Gasteiger charge is -2.18. The van der Waals surface area contributed by atoms with Crippen molar-refractivity contribution in [3.05, 3.63) is 0 Å². The molecule has 4 N–H and O–H groups in total. The molecule has 0 aliphatic heterocycles. The Morgan fingerprint density at radius 3 is 2.27 bits per heavy atom.